The molecule has 1 rings (SSSR count). The highest BCUT2D eigenvalue weighted by Gasteiger charge is 2.21. The number of aliphatic hydroxyl groups is 1. The average molecular weight is 139 g/mol. The van der Waals surface area contributed by atoms with E-state index in [0.717, 1.165) is 0 Å². The molecule has 0 amide bonds. The van der Waals surface area contributed by atoms with Gasteiger partial charge in [0.1, 0.15) is 0 Å². The van der Waals surface area contributed by atoms with E-state index in [9.17, 15) is 4.79 Å². The van der Waals surface area contributed by atoms with Crippen LogP contribution in [0.3, 0.4) is 0 Å². The van der Waals surface area contributed by atoms with E-state index in [4.69, 9.17) is 5.11 Å². The lowest BCUT2D eigenvalue weighted by molar-refractivity contribution is -0.116. The first-order valence-electron chi connectivity index (χ1n) is 3.22. The summed E-state index contributed by atoms with van der Waals surface area (Å²) in [6.07, 6.45) is 3.32. The van der Waals surface area contributed by atoms with Gasteiger partial charge in [-0.3, -0.25) is 4.79 Å². The first kappa shape index (κ1) is 6.99. The quantitative estimate of drug-likeness (QED) is 0.590. The molecule has 0 aliphatic carbocycles. The number of carbonyl (C=O) groups is 1. The van der Waals surface area contributed by atoms with Crippen molar-refractivity contribution in [3.8, 4) is 0 Å². The van der Waals surface area contributed by atoms with Gasteiger partial charge in [-0.2, -0.15) is 0 Å². The Bertz CT molecular complexity index is 206. The number of ketones is 1. The third kappa shape index (κ3) is 1.07. The van der Waals surface area contributed by atoms with Gasteiger partial charge in [0.25, 0.3) is 0 Å². The first-order valence-corrected chi connectivity index (χ1v) is 3.22. The topological polar surface area (TPSA) is 49.7 Å². The molecule has 3 nitrogen and oxygen atoms in total. The maximum absolute atomic E-state index is 10.9. The third-order valence-corrected chi connectivity index (χ3v) is 1.51. The van der Waals surface area contributed by atoms with Crippen LogP contribution in [0.15, 0.2) is 17.3 Å². The molecule has 1 unspecified atom stereocenters. The number of hydrogen-bond donors (Lipinski definition) is 1. The van der Waals surface area contributed by atoms with Crippen molar-refractivity contribution in [3.63, 3.8) is 0 Å². The predicted molar refractivity (Wildman–Crippen MR) is 38.0 cm³/mol. The largest absolute Gasteiger partial charge is 0.496 e. The molecule has 54 valence electrons. The molecule has 0 fully saturated rings. The van der Waals surface area contributed by atoms with Crippen LogP contribution in [0, 0.1) is 5.92 Å². The van der Waals surface area contributed by atoms with Gasteiger partial charge >= 0.3 is 0 Å². The summed E-state index contributed by atoms with van der Waals surface area (Å²) >= 11 is 0. The number of nitrogens with zero attached hydrogens (tertiary/aromatic N) is 1. The summed E-state index contributed by atoms with van der Waals surface area (Å²) in [7, 11) is 0. The zero-order valence-electron chi connectivity index (χ0n) is 5.74. The van der Waals surface area contributed by atoms with Crippen molar-refractivity contribution >= 4 is 11.7 Å². The highest BCUT2D eigenvalue weighted by Crippen LogP contribution is 2.10. The fourth-order valence-corrected chi connectivity index (χ4v) is 0.904. The number of allylic oxidation sites excluding steroid dienone is 1. The second-order valence-electron chi connectivity index (χ2n) is 2.17. The lowest BCUT2D eigenvalue weighted by Gasteiger charge is -2.10. The van der Waals surface area contributed by atoms with Crippen LogP contribution in [-0.4, -0.2) is 16.8 Å². The second-order valence-corrected chi connectivity index (χ2v) is 2.17. The Balaban J connectivity index is 2.81. The van der Waals surface area contributed by atoms with Crippen molar-refractivity contribution in [1.82, 2.24) is 0 Å². The molecule has 0 aromatic carbocycles. The lowest BCUT2D eigenvalue weighted by Crippen LogP contribution is -2.23. The smallest absolute Gasteiger partial charge is 0.196 e. The SMILES string of the molecule is CCC1C(=O)C=CN=C1O. The Hall–Kier alpha value is -1.12. The van der Waals surface area contributed by atoms with Gasteiger partial charge in [0.05, 0.1) is 5.92 Å². The minimum atomic E-state index is -0.398. The number of rotatable bonds is 1. The van der Waals surface area contributed by atoms with Crippen molar-refractivity contribution in [3.05, 3.63) is 12.3 Å². The third-order valence-electron chi connectivity index (χ3n) is 1.51. The van der Waals surface area contributed by atoms with Crippen LogP contribution in [0.1, 0.15) is 13.3 Å². The number of hydrogen-bond acceptors (Lipinski definition) is 2. The summed E-state index contributed by atoms with van der Waals surface area (Å²) in [5, 5.41) is 9.02. The molecule has 1 N–H and O–H groups in total. The van der Waals surface area contributed by atoms with Crippen LogP contribution in [0.2, 0.25) is 0 Å². The van der Waals surface area contributed by atoms with Gasteiger partial charge in [-0.1, -0.05) is 6.92 Å². The molecule has 0 aromatic rings. The van der Waals surface area contributed by atoms with E-state index < -0.39 is 5.92 Å². The van der Waals surface area contributed by atoms with E-state index in [-0.39, 0.29) is 11.7 Å². The molecule has 0 saturated carbocycles. The molecule has 0 aromatic heterocycles. The summed E-state index contributed by atoms with van der Waals surface area (Å²) in [4.78, 5) is 14.5. The van der Waals surface area contributed by atoms with Crippen LogP contribution in [0.4, 0.5) is 0 Å². The van der Waals surface area contributed by atoms with Crippen LogP contribution in [0.5, 0.6) is 0 Å². The first-order chi connectivity index (χ1) is 4.75. The van der Waals surface area contributed by atoms with Gasteiger partial charge in [0.15, 0.2) is 11.7 Å². The van der Waals surface area contributed by atoms with Crippen molar-refractivity contribution in [2.24, 2.45) is 10.9 Å². The molecule has 1 atom stereocenters. The zero-order valence-corrected chi connectivity index (χ0v) is 5.74. The normalized spacial score (nSPS) is 24.7. The van der Waals surface area contributed by atoms with Gasteiger partial charge in [-0.05, 0) is 6.42 Å². The molecule has 10 heavy (non-hydrogen) atoms. The molecule has 0 radical (unpaired) electrons. The molecule has 1 aliphatic heterocycles. The Kier molecular flexibility index (Phi) is 1.85. The summed E-state index contributed by atoms with van der Waals surface area (Å²) in [5.74, 6) is -0.519. The van der Waals surface area contributed by atoms with Gasteiger partial charge < -0.3 is 5.11 Å². The molecule has 0 spiro atoms. The molecule has 0 saturated heterocycles. The summed E-state index contributed by atoms with van der Waals surface area (Å²) in [6, 6.07) is 0. The monoisotopic (exact) mass is 139 g/mol. The highest BCUT2D eigenvalue weighted by atomic mass is 16.3. The predicted octanol–water partition coefficient (Wildman–Crippen LogP) is 1.07. The fraction of sp³-hybridized carbons (Fsp3) is 0.429. The zero-order chi connectivity index (χ0) is 7.56. The van der Waals surface area contributed by atoms with Gasteiger partial charge in [0, 0.05) is 12.3 Å². The van der Waals surface area contributed by atoms with Crippen molar-refractivity contribution in [2.45, 2.75) is 13.3 Å². The fourth-order valence-electron chi connectivity index (χ4n) is 0.904. The summed E-state index contributed by atoms with van der Waals surface area (Å²) < 4.78 is 0. The molecule has 3 heteroatoms. The Labute approximate surface area is 59.1 Å². The Morgan fingerprint density at radius 1 is 1.80 bits per heavy atom. The van der Waals surface area contributed by atoms with Crippen LogP contribution < -0.4 is 0 Å². The second kappa shape index (κ2) is 2.64. The van der Waals surface area contributed by atoms with Gasteiger partial charge in [-0.25, -0.2) is 4.99 Å². The number of carbonyl (C=O) groups excluding carboxylic acids is 1. The van der Waals surface area contributed by atoms with E-state index >= 15 is 0 Å². The number of aliphatic hydroxyl groups excluding tert-OH is 1. The van der Waals surface area contributed by atoms with Crippen LogP contribution >= 0.6 is 0 Å². The van der Waals surface area contributed by atoms with E-state index in [1.807, 2.05) is 6.92 Å². The van der Waals surface area contributed by atoms with E-state index in [0.29, 0.717) is 6.42 Å². The maximum atomic E-state index is 10.9. The highest BCUT2D eigenvalue weighted by molar-refractivity contribution is 6.07. The Morgan fingerprint density at radius 2 is 2.50 bits per heavy atom. The summed E-state index contributed by atoms with van der Waals surface area (Å²) in [5.41, 5.74) is 0. The standard InChI is InChI=1S/C7H9NO2/c1-2-5-6(9)3-4-8-7(5)10/h3-5H,2H2,1H3,(H,8,10). The van der Waals surface area contributed by atoms with Crippen molar-refractivity contribution in [2.75, 3.05) is 0 Å². The van der Waals surface area contributed by atoms with Crippen LogP contribution in [0.25, 0.3) is 0 Å². The van der Waals surface area contributed by atoms with E-state index in [1.54, 1.807) is 0 Å². The minimum Gasteiger partial charge on any atom is -0.496 e. The molecular formula is C7H9NO2. The van der Waals surface area contributed by atoms with Crippen LogP contribution in [-0.2, 0) is 4.79 Å². The van der Waals surface area contributed by atoms with Gasteiger partial charge in [-0.15, -0.1) is 0 Å². The average Bonchev–Trinajstić information content (AvgIpc) is 1.88. The molecular weight excluding hydrogens is 130 g/mol. The Morgan fingerprint density at radius 3 is 2.90 bits per heavy atom. The summed E-state index contributed by atoms with van der Waals surface area (Å²) in [6.45, 7) is 1.84. The molecule has 1 aliphatic rings. The van der Waals surface area contributed by atoms with Gasteiger partial charge in [0.2, 0.25) is 0 Å². The van der Waals surface area contributed by atoms with E-state index in [2.05, 4.69) is 4.99 Å². The van der Waals surface area contributed by atoms with E-state index in [1.165, 1.54) is 12.3 Å². The number of aliphatic imine (C=N–C) groups is 1. The molecule has 1 heterocycles. The molecule has 0 bridgehead atoms. The lowest BCUT2D eigenvalue weighted by atomic mass is 10.00. The van der Waals surface area contributed by atoms with Crippen molar-refractivity contribution in [1.29, 1.82) is 0 Å². The maximum Gasteiger partial charge on any atom is 0.196 e. The minimum absolute atomic E-state index is 0.0602. The van der Waals surface area contributed by atoms with Crippen molar-refractivity contribution < 1.29 is 9.90 Å².